The molecule has 1 aromatic heterocycles. The number of hydrogen-bond acceptors (Lipinski definition) is 2. The largest absolute Gasteiger partial charge is 0.309 e. The number of aryl methyl sites for hydroxylation is 2. The number of nitrogens with one attached hydrogen (secondary N) is 1. The van der Waals surface area contributed by atoms with E-state index in [9.17, 15) is 0 Å². The highest BCUT2D eigenvalue weighted by atomic mass is 32.1. The normalized spacial score (nSPS) is 16.9. The second-order valence-corrected chi connectivity index (χ2v) is 7.19. The number of thiophene rings is 1. The Kier molecular flexibility index (Phi) is 3.95. The van der Waals surface area contributed by atoms with Crippen molar-refractivity contribution in [1.82, 2.24) is 5.32 Å². The van der Waals surface area contributed by atoms with Crippen molar-refractivity contribution in [1.29, 1.82) is 0 Å². The van der Waals surface area contributed by atoms with Crippen LogP contribution in [-0.4, -0.2) is 7.05 Å². The monoisotopic (exact) mass is 285 g/mol. The zero-order valence-electron chi connectivity index (χ0n) is 12.6. The summed E-state index contributed by atoms with van der Waals surface area (Å²) < 4.78 is 0. The third kappa shape index (κ3) is 2.55. The van der Waals surface area contributed by atoms with E-state index < -0.39 is 0 Å². The first-order valence-electron chi connectivity index (χ1n) is 7.53. The Hall–Kier alpha value is -1.12. The number of rotatable bonds is 4. The highest BCUT2D eigenvalue weighted by Gasteiger charge is 2.20. The van der Waals surface area contributed by atoms with E-state index in [2.05, 4.69) is 56.5 Å². The second kappa shape index (κ2) is 5.71. The van der Waals surface area contributed by atoms with Crippen LogP contribution < -0.4 is 5.32 Å². The predicted octanol–water partition coefficient (Wildman–Crippen LogP) is 4.94. The molecular weight excluding hydrogens is 262 g/mol. The van der Waals surface area contributed by atoms with Crippen molar-refractivity contribution >= 4 is 11.3 Å². The van der Waals surface area contributed by atoms with Crippen molar-refractivity contribution in [3.63, 3.8) is 0 Å². The van der Waals surface area contributed by atoms with Gasteiger partial charge in [-0.1, -0.05) is 30.7 Å². The van der Waals surface area contributed by atoms with Gasteiger partial charge in [-0.3, -0.25) is 0 Å². The lowest BCUT2D eigenvalue weighted by molar-refractivity contribution is 0.419. The minimum Gasteiger partial charge on any atom is -0.309 e. The van der Waals surface area contributed by atoms with Crippen LogP contribution in [0.2, 0.25) is 0 Å². The van der Waals surface area contributed by atoms with Crippen molar-refractivity contribution in [2.45, 2.75) is 45.1 Å². The maximum atomic E-state index is 3.46. The lowest BCUT2D eigenvalue weighted by Gasteiger charge is -2.26. The average molecular weight is 285 g/mol. The van der Waals surface area contributed by atoms with E-state index in [1.807, 2.05) is 11.3 Å². The van der Waals surface area contributed by atoms with Crippen LogP contribution in [0.4, 0.5) is 0 Å². The molecule has 1 unspecified atom stereocenters. The fourth-order valence-corrected chi connectivity index (χ4v) is 4.10. The van der Waals surface area contributed by atoms with Gasteiger partial charge < -0.3 is 5.32 Å². The summed E-state index contributed by atoms with van der Waals surface area (Å²) in [7, 11) is 2.05. The summed E-state index contributed by atoms with van der Waals surface area (Å²) in [6, 6.07) is 11.9. The zero-order valence-corrected chi connectivity index (χ0v) is 13.4. The highest BCUT2D eigenvalue weighted by Crippen LogP contribution is 2.37. The SMILES string of the molecule is CNC(c1ccc(C2CCC2)cc1)c1cc(C)c(C)s1. The van der Waals surface area contributed by atoms with E-state index in [1.165, 1.54) is 45.7 Å². The molecule has 1 atom stereocenters. The quantitative estimate of drug-likeness (QED) is 0.839. The van der Waals surface area contributed by atoms with Gasteiger partial charge in [0.25, 0.3) is 0 Å². The molecule has 1 fully saturated rings. The molecule has 2 aromatic rings. The zero-order chi connectivity index (χ0) is 14.1. The first kappa shape index (κ1) is 13.8. The molecule has 1 saturated carbocycles. The summed E-state index contributed by atoms with van der Waals surface area (Å²) in [6.07, 6.45) is 4.15. The highest BCUT2D eigenvalue weighted by molar-refractivity contribution is 7.12. The molecule has 1 N–H and O–H groups in total. The molecule has 1 aliphatic rings. The van der Waals surface area contributed by atoms with E-state index in [0.717, 1.165) is 5.92 Å². The van der Waals surface area contributed by atoms with Crippen molar-refractivity contribution < 1.29 is 0 Å². The van der Waals surface area contributed by atoms with Gasteiger partial charge in [-0.25, -0.2) is 0 Å². The third-order valence-electron chi connectivity index (χ3n) is 4.60. The van der Waals surface area contributed by atoms with Gasteiger partial charge in [0, 0.05) is 9.75 Å². The van der Waals surface area contributed by atoms with Gasteiger partial charge in [0.15, 0.2) is 0 Å². The molecule has 0 saturated heterocycles. The molecular formula is C18H23NS. The summed E-state index contributed by atoms with van der Waals surface area (Å²) in [5.41, 5.74) is 4.29. The molecule has 1 aliphatic carbocycles. The van der Waals surface area contributed by atoms with Gasteiger partial charge in [-0.2, -0.15) is 0 Å². The molecule has 0 spiro atoms. The van der Waals surface area contributed by atoms with E-state index in [-0.39, 0.29) is 0 Å². The number of hydrogen-bond donors (Lipinski definition) is 1. The minimum atomic E-state index is 0.322. The van der Waals surface area contributed by atoms with Gasteiger partial charge in [-0.15, -0.1) is 11.3 Å². The van der Waals surface area contributed by atoms with Crippen molar-refractivity contribution in [3.8, 4) is 0 Å². The Morgan fingerprint density at radius 1 is 1.15 bits per heavy atom. The molecule has 2 heteroatoms. The summed E-state index contributed by atoms with van der Waals surface area (Å²) >= 11 is 1.91. The predicted molar refractivity (Wildman–Crippen MR) is 87.7 cm³/mol. The first-order valence-corrected chi connectivity index (χ1v) is 8.34. The Bertz CT molecular complexity index is 558. The van der Waals surface area contributed by atoms with Crippen LogP contribution in [0, 0.1) is 13.8 Å². The lowest BCUT2D eigenvalue weighted by atomic mass is 9.80. The summed E-state index contributed by atoms with van der Waals surface area (Å²) in [6.45, 7) is 4.40. The van der Waals surface area contributed by atoms with Crippen LogP contribution in [-0.2, 0) is 0 Å². The van der Waals surface area contributed by atoms with Gasteiger partial charge in [0.2, 0.25) is 0 Å². The maximum absolute atomic E-state index is 3.46. The topological polar surface area (TPSA) is 12.0 Å². The van der Waals surface area contributed by atoms with Gasteiger partial charge in [-0.05, 0) is 62.4 Å². The van der Waals surface area contributed by atoms with E-state index in [0.29, 0.717) is 6.04 Å². The summed E-state index contributed by atoms with van der Waals surface area (Å²) in [5, 5.41) is 3.46. The van der Waals surface area contributed by atoms with Crippen LogP contribution in [0.25, 0.3) is 0 Å². The first-order chi connectivity index (χ1) is 9.69. The molecule has 0 amide bonds. The molecule has 0 aliphatic heterocycles. The van der Waals surface area contributed by atoms with E-state index in [4.69, 9.17) is 0 Å². The summed E-state index contributed by atoms with van der Waals surface area (Å²) in [4.78, 5) is 2.84. The lowest BCUT2D eigenvalue weighted by Crippen LogP contribution is -2.16. The van der Waals surface area contributed by atoms with Crippen LogP contribution >= 0.6 is 11.3 Å². The molecule has 0 bridgehead atoms. The molecule has 1 heterocycles. The van der Waals surface area contributed by atoms with Crippen molar-refractivity contribution in [2.75, 3.05) is 7.05 Å². The minimum absolute atomic E-state index is 0.322. The fourth-order valence-electron chi connectivity index (χ4n) is 2.92. The molecule has 1 aromatic carbocycles. The Morgan fingerprint density at radius 3 is 2.30 bits per heavy atom. The standard InChI is InChI=1S/C18H23NS/c1-12-11-17(20-13(12)2)18(19-3)16-9-7-15(8-10-16)14-5-4-6-14/h7-11,14,18-19H,4-6H2,1-3H3. The Morgan fingerprint density at radius 2 is 1.85 bits per heavy atom. The van der Waals surface area contributed by atoms with Crippen molar-refractivity contribution in [2.24, 2.45) is 0 Å². The number of benzene rings is 1. The van der Waals surface area contributed by atoms with Gasteiger partial charge in [0.1, 0.15) is 0 Å². The Labute approximate surface area is 126 Å². The molecule has 1 nitrogen and oxygen atoms in total. The van der Waals surface area contributed by atoms with Crippen LogP contribution in [0.3, 0.4) is 0 Å². The van der Waals surface area contributed by atoms with E-state index >= 15 is 0 Å². The van der Waals surface area contributed by atoms with Gasteiger partial charge in [0.05, 0.1) is 6.04 Å². The Balaban J connectivity index is 1.85. The summed E-state index contributed by atoms with van der Waals surface area (Å²) in [5.74, 6) is 0.823. The average Bonchev–Trinajstić information content (AvgIpc) is 2.70. The molecule has 3 rings (SSSR count). The van der Waals surface area contributed by atoms with Crippen LogP contribution in [0.5, 0.6) is 0 Å². The smallest absolute Gasteiger partial charge is 0.0668 e. The molecule has 20 heavy (non-hydrogen) atoms. The fraction of sp³-hybridized carbons (Fsp3) is 0.444. The van der Waals surface area contributed by atoms with Crippen molar-refractivity contribution in [3.05, 3.63) is 56.8 Å². The molecule has 0 radical (unpaired) electrons. The second-order valence-electron chi connectivity index (χ2n) is 5.90. The molecule has 106 valence electrons. The van der Waals surface area contributed by atoms with E-state index in [1.54, 1.807) is 0 Å². The maximum Gasteiger partial charge on any atom is 0.0668 e. The third-order valence-corrected chi connectivity index (χ3v) is 5.82. The van der Waals surface area contributed by atoms with Crippen LogP contribution in [0.1, 0.15) is 57.7 Å². The van der Waals surface area contributed by atoms with Gasteiger partial charge >= 0.3 is 0 Å². The van der Waals surface area contributed by atoms with Crippen LogP contribution in [0.15, 0.2) is 30.3 Å².